The van der Waals surface area contributed by atoms with Crippen molar-refractivity contribution in [2.24, 2.45) is 9.98 Å². The summed E-state index contributed by atoms with van der Waals surface area (Å²) in [5.74, 6) is -0.319. The number of hydrogen-bond acceptors (Lipinski definition) is 5. The molecule has 2 aromatic carbocycles. The summed E-state index contributed by atoms with van der Waals surface area (Å²) in [6.07, 6.45) is 0.0147. The second kappa shape index (κ2) is 9.90. The summed E-state index contributed by atoms with van der Waals surface area (Å²) >= 11 is 0. The normalized spacial score (nSPS) is 12.3. The highest BCUT2D eigenvalue weighted by atomic mass is 19.4. The Kier molecular flexibility index (Phi) is 7.04. The first-order valence-electron chi connectivity index (χ1n) is 9.45. The smallest absolute Gasteiger partial charge is 0.462 e. The van der Waals surface area contributed by atoms with Crippen molar-refractivity contribution in [3.8, 4) is 16.9 Å². The molecule has 0 radical (unpaired) electrons. The van der Waals surface area contributed by atoms with Gasteiger partial charge in [0, 0.05) is 11.6 Å². The average molecular weight is 444 g/mol. The number of fused-ring (bicyclic) bond motifs is 1. The number of alkyl halides is 3. The summed E-state index contributed by atoms with van der Waals surface area (Å²) in [5, 5.41) is 5.19. The van der Waals surface area contributed by atoms with Crippen molar-refractivity contribution in [2.45, 2.75) is 19.8 Å². The molecule has 0 amide bonds. The minimum Gasteiger partial charge on any atom is -0.462 e. The molecule has 1 heterocycles. The van der Waals surface area contributed by atoms with Crippen LogP contribution in [-0.2, 0) is 11.3 Å². The number of aliphatic imine (C=N–C) groups is 2. The van der Waals surface area contributed by atoms with E-state index in [9.17, 15) is 18.0 Å². The van der Waals surface area contributed by atoms with E-state index in [1.165, 1.54) is 35.1 Å². The fraction of sp³-hybridized carbons (Fsp3) is 0.182. The summed E-state index contributed by atoms with van der Waals surface area (Å²) in [5.41, 5.74) is 0.969. The third-order valence-electron chi connectivity index (χ3n) is 4.28. The summed E-state index contributed by atoms with van der Waals surface area (Å²) in [7, 11) is 0. The molecule has 0 unspecified atom stereocenters. The van der Waals surface area contributed by atoms with Gasteiger partial charge in [0.2, 0.25) is 0 Å². The van der Waals surface area contributed by atoms with E-state index in [4.69, 9.17) is 4.74 Å². The lowest BCUT2D eigenvalue weighted by atomic mass is 10.0. The maximum Gasteiger partial charge on any atom is 0.573 e. The molecule has 0 fully saturated rings. The lowest BCUT2D eigenvalue weighted by Crippen LogP contribution is -2.25. The fourth-order valence-corrected chi connectivity index (χ4v) is 2.85. The molecule has 0 aliphatic heterocycles. The highest BCUT2D eigenvalue weighted by Crippen LogP contribution is 2.27. The molecule has 3 aromatic rings. The lowest BCUT2D eigenvalue weighted by molar-refractivity contribution is -0.274. The zero-order valence-corrected chi connectivity index (χ0v) is 17.0. The van der Waals surface area contributed by atoms with Crippen LogP contribution in [0.1, 0.15) is 6.92 Å². The standard InChI is InChI=1S/C22H19F3N4O3/c1-3-10-27-21(26-2)31-12-11-29-20(30)19-13-16(4-5-17(19)14-28-29)15-6-8-18(9-7-15)32-22(23,24)25/h3-10,13-14H,2,11-12H2,1H3/b10-3-,27-21?. The number of halogens is 3. The predicted molar refractivity (Wildman–Crippen MR) is 116 cm³/mol. The van der Waals surface area contributed by atoms with Crippen LogP contribution in [0.5, 0.6) is 5.75 Å². The van der Waals surface area contributed by atoms with Crippen molar-refractivity contribution in [1.29, 1.82) is 0 Å². The monoisotopic (exact) mass is 444 g/mol. The topological polar surface area (TPSA) is 78.1 Å². The first-order valence-corrected chi connectivity index (χ1v) is 9.45. The minimum atomic E-state index is -4.76. The van der Waals surface area contributed by atoms with Gasteiger partial charge in [-0.05, 0) is 43.0 Å². The summed E-state index contributed by atoms with van der Waals surface area (Å²) in [4.78, 5) is 20.5. The van der Waals surface area contributed by atoms with E-state index in [1.807, 2.05) is 0 Å². The number of hydrogen-bond donors (Lipinski definition) is 0. The molecule has 0 N–H and O–H groups in total. The molecule has 166 valence electrons. The Morgan fingerprint density at radius 3 is 2.56 bits per heavy atom. The molecular formula is C22H19F3N4O3. The van der Waals surface area contributed by atoms with Crippen molar-refractivity contribution in [3.63, 3.8) is 0 Å². The van der Waals surface area contributed by atoms with Crippen molar-refractivity contribution in [1.82, 2.24) is 9.78 Å². The number of aromatic nitrogens is 2. The number of amidine groups is 1. The number of benzene rings is 2. The van der Waals surface area contributed by atoms with Crippen LogP contribution in [0, 0.1) is 0 Å². The van der Waals surface area contributed by atoms with Crippen LogP contribution in [0.2, 0.25) is 0 Å². The van der Waals surface area contributed by atoms with Crippen LogP contribution in [0.4, 0.5) is 13.2 Å². The molecule has 0 bridgehead atoms. The number of nitrogens with zero attached hydrogens (tertiary/aromatic N) is 4. The van der Waals surface area contributed by atoms with Gasteiger partial charge in [-0.25, -0.2) is 14.7 Å². The van der Waals surface area contributed by atoms with Crippen molar-refractivity contribution < 1.29 is 22.6 Å². The van der Waals surface area contributed by atoms with Gasteiger partial charge in [-0.15, -0.1) is 13.2 Å². The molecule has 0 saturated heterocycles. The molecule has 0 aliphatic rings. The van der Waals surface area contributed by atoms with E-state index >= 15 is 0 Å². The van der Waals surface area contributed by atoms with E-state index in [2.05, 4.69) is 26.5 Å². The quantitative estimate of drug-likeness (QED) is 0.412. The first-order chi connectivity index (χ1) is 15.3. The Balaban J connectivity index is 1.81. The van der Waals surface area contributed by atoms with E-state index < -0.39 is 6.36 Å². The molecule has 1 aromatic heterocycles. The van der Waals surface area contributed by atoms with Gasteiger partial charge in [0.1, 0.15) is 12.4 Å². The number of allylic oxidation sites excluding steroid dienone is 1. The fourth-order valence-electron chi connectivity index (χ4n) is 2.85. The van der Waals surface area contributed by atoms with Gasteiger partial charge in [0.15, 0.2) is 0 Å². The van der Waals surface area contributed by atoms with Gasteiger partial charge >= 0.3 is 12.4 Å². The third-order valence-corrected chi connectivity index (χ3v) is 4.28. The Hall–Kier alpha value is -3.95. The Labute approximate surface area is 181 Å². The highest BCUT2D eigenvalue weighted by molar-refractivity contribution is 5.86. The number of rotatable bonds is 6. The maximum absolute atomic E-state index is 12.9. The van der Waals surface area contributed by atoms with Crippen LogP contribution in [0.25, 0.3) is 21.9 Å². The van der Waals surface area contributed by atoms with E-state index in [0.717, 1.165) is 0 Å². The van der Waals surface area contributed by atoms with Gasteiger partial charge in [-0.2, -0.15) is 5.10 Å². The molecule has 0 atom stereocenters. The summed E-state index contributed by atoms with van der Waals surface area (Å²) in [6.45, 7) is 5.43. The molecule has 3 rings (SSSR count). The summed E-state index contributed by atoms with van der Waals surface area (Å²) in [6, 6.07) is 10.6. The van der Waals surface area contributed by atoms with Crippen molar-refractivity contribution in [3.05, 3.63) is 71.3 Å². The molecular weight excluding hydrogens is 425 g/mol. The maximum atomic E-state index is 12.9. The van der Waals surface area contributed by atoms with Crippen molar-refractivity contribution in [2.75, 3.05) is 6.61 Å². The zero-order valence-electron chi connectivity index (χ0n) is 17.0. The van der Waals surface area contributed by atoms with Crippen LogP contribution >= 0.6 is 0 Å². The Morgan fingerprint density at radius 2 is 1.91 bits per heavy atom. The molecule has 0 saturated carbocycles. The van der Waals surface area contributed by atoms with Gasteiger partial charge in [0.05, 0.1) is 18.1 Å². The van der Waals surface area contributed by atoms with E-state index in [0.29, 0.717) is 21.9 Å². The van der Waals surface area contributed by atoms with Crippen LogP contribution < -0.4 is 10.3 Å². The predicted octanol–water partition coefficient (Wildman–Crippen LogP) is 4.57. The minimum absolute atomic E-state index is 0.0807. The van der Waals surface area contributed by atoms with Crippen LogP contribution in [0.3, 0.4) is 0 Å². The summed E-state index contributed by atoms with van der Waals surface area (Å²) < 4.78 is 47.5. The largest absolute Gasteiger partial charge is 0.573 e. The second-order valence-corrected chi connectivity index (χ2v) is 6.45. The Bertz CT molecular complexity index is 1220. The third kappa shape index (κ3) is 5.81. The van der Waals surface area contributed by atoms with Gasteiger partial charge in [0.25, 0.3) is 5.56 Å². The SMILES string of the molecule is C=NC(=N/C=C\C)OCCn1ncc2ccc(-c3ccc(OC(F)(F)F)cc3)cc2c1=O. The first kappa shape index (κ1) is 22.7. The van der Waals surface area contributed by atoms with E-state index in [-0.39, 0.29) is 30.5 Å². The van der Waals surface area contributed by atoms with Crippen molar-refractivity contribution >= 4 is 23.5 Å². The van der Waals surface area contributed by atoms with Gasteiger partial charge in [-0.3, -0.25) is 4.79 Å². The molecule has 0 aliphatic carbocycles. The molecule has 0 spiro atoms. The van der Waals surface area contributed by atoms with Crippen LogP contribution in [0.15, 0.2) is 75.7 Å². The lowest BCUT2D eigenvalue weighted by Gasteiger charge is -2.10. The molecule has 7 nitrogen and oxygen atoms in total. The van der Waals surface area contributed by atoms with Gasteiger partial charge < -0.3 is 9.47 Å². The average Bonchev–Trinajstić information content (AvgIpc) is 2.77. The van der Waals surface area contributed by atoms with Crippen LogP contribution in [-0.4, -0.2) is 35.5 Å². The molecule has 32 heavy (non-hydrogen) atoms. The Morgan fingerprint density at radius 1 is 1.19 bits per heavy atom. The number of ether oxygens (including phenoxy) is 2. The molecule has 10 heteroatoms. The highest BCUT2D eigenvalue weighted by Gasteiger charge is 2.30. The van der Waals surface area contributed by atoms with Gasteiger partial charge in [-0.1, -0.05) is 30.3 Å². The zero-order chi connectivity index (χ0) is 23.1. The van der Waals surface area contributed by atoms with E-state index in [1.54, 1.807) is 37.4 Å². The second-order valence-electron chi connectivity index (χ2n) is 6.45.